The minimum absolute atomic E-state index is 0.0144. The minimum Gasteiger partial charge on any atom is -0.492 e. The third-order valence-corrected chi connectivity index (χ3v) is 2.21. The number of rotatable bonds is 5. The molecule has 0 saturated heterocycles. The van der Waals surface area contributed by atoms with Crippen molar-refractivity contribution >= 4 is 0 Å². The fourth-order valence-electron chi connectivity index (χ4n) is 1.33. The molecule has 1 atom stereocenters. The first-order valence-corrected chi connectivity index (χ1v) is 5.23. The highest BCUT2D eigenvalue weighted by atomic mass is 16.5. The van der Waals surface area contributed by atoms with Gasteiger partial charge in [-0.05, 0) is 27.1 Å². The molecule has 0 bridgehead atoms. The first kappa shape index (κ1) is 12.0. The molecule has 0 aromatic heterocycles. The summed E-state index contributed by atoms with van der Waals surface area (Å²) >= 11 is 0. The number of nitrogens with zero attached hydrogens (tertiary/aromatic N) is 1. The summed E-state index contributed by atoms with van der Waals surface area (Å²) in [5.74, 6) is 0.898. The topological polar surface area (TPSA) is 38.5 Å². The molecule has 3 nitrogen and oxygen atoms in total. The van der Waals surface area contributed by atoms with Crippen LogP contribution in [0.2, 0.25) is 0 Å². The van der Waals surface area contributed by atoms with Crippen molar-refractivity contribution in [3.8, 4) is 5.75 Å². The summed E-state index contributed by atoms with van der Waals surface area (Å²) in [6.07, 6.45) is 0. The molecular formula is C12H20N2O. The fourth-order valence-corrected chi connectivity index (χ4v) is 1.33. The van der Waals surface area contributed by atoms with Crippen molar-refractivity contribution in [3.05, 3.63) is 29.8 Å². The van der Waals surface area contributed by atoms with E-state index >= 15 is 0 Å². The number of hydrogen-bond donors (Lipinski definition) is 1. The molecule has 15 heavy (non-hydrogen) atoms. The second kappa shape index (κ2) is 5.73. The lowest BCUT2D eigenvalue weighted by Gasteiger charge is -2.15. The van der Waals surface area contributed by atoms with E-state index in [1.54, 1.807) is 0 Å². The molecule has 0 aliphatic heterocycles. The summed E-state index contributed by atoms with van der Waals surface area (Å²) in [4.78, 5) is 2.09. The monoisotopic (exact) mass is 208 g/mol. The van der Waals surface area contributed by atoms with Gasteiger partial charge in [0.15, 0.2) is 0 Å². The molecule has 0 amide bonds. The molecule has 0 aliphatic rings. The zero-order valence-corrected chi connectivity index (χ0v) is 9.73. The lowest BCUT2D eigenvalue weighted by Crippen LogP contribution is -2.20. The van der Waals surface area contributed by atoms with Crippen molar-refractivity contribution in [1.82, 2.24) is 4.90 Å². The second-order valence-corrected chi connectivity index (χ2v) is 3.98. The molecular weight excluding hydrogens is 188 g/mol. The van der Waals surface area contributed by atoms with E-state index in [9.17, 15) is 0 Å². The Bertz CT molecular complexity index is 297. The lowest BCUT2D eigenvalue weighted by atomic mass is 10.1. The van der Waals surface area contributed by atoms with Crippen molar-refractivity contribution in [2.75, 3.05) is 27.2 Å². The van der Waals surface area contributed by atoms with Gasteiger partial charge in [-0.3, -0.25) is 0 Å². The highest BCUT2D eigenvalue weighted by Crippen LogP contribution is 2.22. The smallest absolute Gasteiger partial charge is 0.124 e. The standard InChI is InChI=1S/C12H20N2O/c1-10(13)11-6-4-5-7-12(11)15-9-8-14(2)3/h4-7,10H,8-9,13H2,1-3H3/t10-/m1/s1. The Kier molecular flexibility index (Phi) is 4.59. The molecule has 1 rings (SSSR count). The molecule has 2 N–H and O–H groups in total. The lowest BCUT2D eigenvalue weighted by molar-refractivity contribution is 0.259. The van der Waals surface area contributed by atoms with Crippen molar-refractivity contribution in [3.63, 3.8) is 0 Å². The molecule has 84 valence electrons. The van der Waals surface area contributed by atoms with Gasteiger partial charge in [-0.1, -0.05) is 18.2 Å². The summed E-state index contributed by atoms with van der Waals surface area (Å²) in [6.45, 7) is 3.57. The zero-order valence-electron chi connectivity index (χ0n) is 9.73. The van der Waals surface area contributed by atoms with E-state index < -0.39 is 0 Å². The number of para-hydroxylation sites is 1. The van der Waals surface area contributed by atoms with Gasteiger partial charge in [0.25, 0.3) is 0 Å². The molecule has 1 aromatic carbocycles. The van der Waals surface area contributed by atoms with Gasteiger partial charge in [0.05, 0.1) is 0 Å². The molecule has 1 aromatic rings. The first-order chi connectivity index (χ1) is 7.11. The first-order valence-electron chi connectivity index (χ1n) is 5.23. The summed E-state index contributed by atoms with van der Waals surface area (Å²) in [5, 5.41) is 0. The zero-order chi connectivity index (χ0) is 11.3. The Hall–Kier alpha value is -1.06. The van der Waals surface area contributed by atoms with Gasteiger partial charge in [0.1, 0.15) is 12.4 Å². The highest BCUT2D eigenvalue weighted by molar-refractivity contribution is 5.35. The Morgan fingerprint density at radius 3 is 2.60 bits per heavy atom. The summed E-state index contributed by atoms with van der Waals surface area (Å²) in [5.41, 5.74) is 6.92. The summed E-state index contributed by atoms with van der Waals surface area (Å²) in [6, 6.07) is 7.94. The van der Waals surface area contributed by atoms with Crippen LogP contribution in [0.25, 0.3) is 0 Å². The van der Waals surface area contributed by atoms with Crippen LogP contribution in [0.15, 0.2) is 24.3 Å². The van der Waals surface area contributed by atoms with Crippen LogP contribution in [0.1, 0.15) is 18.5 Å². The van der Waals surface area contributed by atoms with Crippen molar-refractivity contribution in [2.24, 2.45) is 5.73 Å². The van der Waals surface area contributed by atoms with Gasteiger partial charge < -0.3 is 15.4 Å². The molecule has 0 spiro atoms. The third-order valence-electron chi connectivity index (χ3n) is 2.21. The highest BCUT2D eigenvalue weighted by Gasteiger charge is 2.06. The Morgan fingerprint density at radius 2 is 2.00 bits per heavy atom. The molecule has 0 heterocycles. The predicted molar refractivity (Wildman–Crippen MR) is 63.1 cm³/mol. The van der Waals surface area contributed by atoms with E-state index in [1.807, 2.05) is 45.3 Å². The SMILES string of the molecule is C[C@@H](N)c1ccccc1OCCN(C)C. The van der Waals surface area contributed by atoms with E-state index in [2.05, 4.69) is 4.90 Å². The quantitative estimate of drug-likeness (QED) is 0.799. The maximum Gasteiger partial charge on any atom is 0.124 e. The van der Waals surface area contributed by atoms with Gasteiger partial charge in [0, 0.05) is 18.2 Å². The van der Waals surface area contributed by atoms with Crippen LogP contribution in [0.4, 0.5) is 0 Å². The molecule has 0 aliphatic carbocycles. The van der Waals surface area contributed by atoms with Crippen LogP contribution in [0, 0.1) is 0 Å². The molecule has 0 saturated carbocycles. The number of hydrogen-bond acceptors (Lipinski definition) is 3. The number of benzene rings is 1. The van der Waals surface area contributed by atoms with Crippen LogP contribution in [0.3, 0.4) is 0 Å². The number of ether oxygens (including phenoxy) is 1. The molecule has 3 heteroatoms. The molecule has 0 radical (unpaired) electrons. The van der Waals surface area contributed by atoms with Crippen LogP contribution in [-0.4, -0.2) is 32.1 Å². The third kappa shape index (κ3) is 3.90. The van der Waals surface area contributed by atoms with Gasteiger partial charge in [0.2, 0.25) is 0 Å². The predicted octanol–water partition coefficient (Wildman–Crippen LogP) is 1.65. The van der Waals surface area contributed by atoms with Crippen LogP contribution >= 0.6 is 0 Å². The van der Waals surface area contributed by atoms with E-state index in [-0.39, 0.29) is 6.04 Å². The average Bonchev–Trinajstić information content (AvgIpc) is 2.17. The van der Waals surface area contributed by atoms with Crippen molar-refractivity contribution in [2.45, 2.75) is 13.0 Å². The van der Waals surface area contributed by atoms with E-state index in [0.29, 0.717) is 6.61 Å². The van der Waals surface area contributed by atoms with E-state index in [0.717, 1.165) is 17.9 Å². The Labute approximate surface area is 91.8 Å². The number of nitrogens with two attached hydrogens (primary N) is 1. The average molecular weight is 208 g/mol. The largest absolute Gasteiger partial charge is 0.492 e. The van der Waals surface area contributed by atoms with Gasteiger partial charge in [-0.15, -0.1) is 0 Å². The van der Waals surface area contributed by atoms with Gasteiger partial charge in [-0.2, -0.15) is 0 Å². The Morgan fingerprint density at radius 1 is 1.33 bits per heavy atom. The fraction of sp³-hybridized carbons (Fsp3) is 0.500. The van der Waals surface area contributed by atoms with Crippen molar-refractivity contribution < 1.29 is 4.74 Å². The van der Waals surface area contributed by atoms with Gasteiger partial charge in [-0.25, -0.2) is 0 Å². The van der Waals surface area contributed by atoms with Crippen LogP contribution in [-0.2, 0) is 0 Å². The minimum atomic E-state index is 0.0144. The van der Waals surface area contributed by atoms with E-state index in [4.69, 9.17) is 10.5 Å². The van der Waals surface area contributed by atoms with Gasteiger partial charge >= 0.3 is 0 Å². The Balaban J connectivity index is 2.59. The summed E-state index contributed by atoms with van der Waals surface area (Å²) in [7, 11) is 4.06. The van der Waals surface area contributed by atoms with Crippen LogP contribution < -0.4 is 10.5 Å². The normalized spacial score (nSPS) is 12.9. The molecule has 0 fully saturated rings. The molecule has 0 unspecified atom stereocenters. The number of likely N-dealkylation sites (N-methyl/N-ethyl adjacent to an activating group) is 1. The maximum absolute atomic E-state index is 5.86. The summed E-state index contributed by atoms with van der Waals surface area (Å²) < 4.78 is 5.69. The second-order valence-electron chi connectivity index (χ2n) is 3.98. The maximum atomic E-state index is 5.86. The van der Waals surface area contributed by atoms with E-state index in [1.165, 1.54) is 0 Å². The van der Waals surface area contributed by atoms with Crippen molar-refractivity contribution in [1.29, 1.82) is 0 Å². The van der Waals surface area contributed by atoms with Crippen LogP contribution in [0.5, 0.6) is 5.75 Å².